The molecule has 0 fully saturated rings. The highest BCUT2D eigenvalue weighted by molar-refractivity contribution is 5.85. The van der Waals surface area contributed by atoms with Gasteiger partial charge in [-0.15, -0.1) is 0 Å². The molecule has 0 atom stereocenters. The summed E-state index contributed by atoms with van der Waals surface area (Å²) in [5.74, 6) is -0.936. The normalized spacial score (nSPS) is 15.9. The molecular formula is C21H23NO2. The molecule has 0 aromatic heterocycles. The van der Waals surface area contributed by atoms with E-state index in [1.165, 1.54) is 24.0 Å². The molecule has 2 aromatic carbocycles. The Morgan fingerprint density at radius 2 is 1.83 bits per heavy atom. The molecule has 0 saturated carbocycles. The van der Waals surface area contributed by atoms with Crippen molar-refractivity contribution in [1.29, 1.82) is 0 Å². The number of aryl methyl sites for hydroxylation is 1. The number of benzene rings is 2. The standard InChI is InChI=1S/C21H23NO2/c1-21(2)13-3-4-16-14-18(10-11-19(16)21)22-17-8-5-15(6-9-17)7-12-20(23)24/h5-12,14,22H,3-4,13H2,1-2H3,(H,23,24)/b12-7+. The molecule has 0 bridgehead atoms. The minimum atomic E-state index is -0.936. The second kappa shape index (κ2) is 6.52. The first-order chi connectivity index (χ1) is 11.4. The third kappa shape index (κ3) is 3.67. The van der Waals surface area contributed by atoms with Crippen molar-refractivity contribution in [2.45, 2.75) is 38.5 Å². The van der Waals surface area contributed by atoms with Crippen molar-refractivity contribution in [3.63, 3.8) is 0 Å². The highest BCUT2D eigenvalue weighted by Crippen LogP contribution is 2.38. The van der Waals surface area contributed by atoms with E-state index in [2.05, 4.69) is 37.4 Å². The summed E-state index contributed by atoms with van der Waals surface area (Å²) in [6.45, 7) is 4.64. The monoisotopic (exact) mass is 321 g/mol. The summed E-state index contributed by atoms with van der Waals surface area (Å²) in [5, 5.41) is 12.1. The quantitative estimate of drug-likeness (QED) is 0.766. The number of carbonyl (C=O) groups is 1. The van der Waals surface area contributed by atoms with Crippen molar-refractivity contribution in [3.05, 3.63) is 65.2 Å². The van der Waals surface area contributed by atoms with Crippen molar-refractivity contribution < 1.29 is 9.90 Å². The summed E-state index contributed by atoms with van der Waals surface area (Å²) in [6, 6.07) is 14.4. The molecule has 3 nitrogen and oxygen atoms in total. The third-order valence-corrected chi connectivity index (χ3v) is 4.70. The van der Waals surface area contributed by atoms with Crippen LogP contribution in [0.5, 0.6) is 0 Å². The number of hydrogen-bond donors (Lipinski definition) is 2. The van der Waals surface area contributed by atoms with Gasteiger partial charge in [0, 0.05) is 17.5 Å². The molecule has 0 amide bonds. The smallest absolute Gasteiger partial charge is 0.328 e. The maximum absolute atomic E-state index is 10.5. The Morgan fingerprint density at radius 3 is 2.54 bits per heavy atom. The Balaban J connectivity index is 1.76. The van der Waals surface area contributed by atoms with Gasteiger partial charge in [-0.25, -0.2) is 4.79 Å². The fraction of sp³-hybridized carbons (Fsp3) is 0.286. The van der Waals surface area contributed by atoms with E-state index < -0.39 is 5.97 Å². The lowest BCUT2D eigenvalue weighted by Crippen LogP contribution is -2.23. The zero-order valence-corrected chi connectivity index (χ0v) is 14.2. The molecule has 1 aliphatic carbocycles. The van der Waals surface area contributed by atoms with Gasteiger partial charge in [0.25, 0.3) is 0 Å². The number of nitrogens with one attached hydrogen (secondary N) is 1. The number of rotatable bonds is 4. The zero-order chi connectivity index (χ0) is 17.2. The Labute approximate surface area is 143 Å². The molecule has 0 spiro atoms. The fourth-order valence-corrected chi connectivity index (χ4v) is 3.41. The average Bonchev–Trinajstić information content (AvgIpc) is 2.54. The number of aliphatic carboxylic acids is 1. The van der Waals surface area contributed by atoms with Crippen molar-refractivity contribution in [2.24, 2.45) is 0 Å². The highest BCUT2D eigenvalue weighted by atomic mass is 16.4. The molecule has 3 heteroatoms. The number of fused-ring (bicyclic) bond motifs is 1. The van der Waals surface area contributed by atoms with Crippen LogP contribution in [-0.2, 0) is 16.6 Å². The Bertz CT molecular complexity index is 773. The first-order valence-corrected chi connectivity index (χ1v) is 8.35. The number of anilines is 2. The van der Waals surface area contributed by atoms with Gasteiger partial charge < -0.3 is 10.4 Å². The summed E-state index contributed by atoms with van der Waals surface area (Å²) >= 11 is 0. The number of carboxylic acid groups (broad SMARTS) is 1. The van der Waals surface area contributed by atoms with E-state index in [4.69, 9.17) is 5.11 Å². The summed E-state index contributed by atoms with van der Waals surface area (Å²) in [4.78, 5) is 10.5. The average molecular weight is 321 g/mol. The second-order valence-corrected chi connectivity index (χ2v) is 7.03. The SMILES string of the molecule is CC1(C)CCCc2cc(Nc3ccc(/C=C/C(=O)O)cc3)ccc21. The van der Waals surface area contributed by atoms with Crippen LogP contribution in [0.2, 0.25) is 0 Å². The summed E-state index contributed by atoms with van der Waals surface area (Å²) in [6.07, 6.45) is 6.38. The van der Waals surface area contributed by atoms with Crippen molar-refractivity contribution in [1.82, 2.24) is 0 Å². The zero-order valence-electron chi connectivity index (χ0n) is 14.2. The van der Waals surface area contributed by atoms with Gasteiger partial charge in [-0.1, -0.05) is 32.0 Å². The van der Waals surface area contributed by atoms with Crippen LogP contribution in [-0.4, -0.2) is 11.1 Å². The van der Waals surface area contributed by atoms with Crippen LogP contribution in [0.3, 0.4) is 0 Å². The van der Waals surface area contributed by atoms with Gasteiger partial charge in [0.15, 0.2) is 0 Å². The van der Waals surface area contributed by atoms with E-state index in [1.54, 1.807) is 6.08 Å². The Hall–Kier alpha value is -2.55. The lowest BCUT2D eigenvalue weighted by Gasteiger charge is -2.32. The minimum Gasteiger partial charge on any atom is -0.478 e. The molecule has 24 heavy (non-hydrogen) atoms. The number of carboxylic acids is 1. The van der Waals surface area contributed by atoms with Gasteiger partial charge in [-0.05, 0) is 71.7 Å². The number of hydrogen-bond acceptors (Lipinski definition) is 2. The molecule has 0 saturated heterocycles. The summed E-state index contributed by atoms with van der Waals surface area (Å²) < 4.78 is 0. The molecule has 0 aliphatic heterocycles. The van der Waals surface area contributed by atoms with Crippen LogP contribution in [0.25, 0.3) is 6.08 Å². The third-order valence-electron chi connectivity index (χ3n) is 4.70. The van der Waals surface area contributed by atoms with E-state index in [9.17, 15) is 4.79 Å². The van der Waals surface area contributed by atoms with Gasteiger partial charge in [0.1, 0.15) is 0 Å². The van der Waals surface area contributed by atoms with Crippen LogP contribution in [0.15, 0.2) is 48.5 Å². The second-order valence-electron chi connectivity index (χ2n) is 7.03. The van der Waals surface area contributed by atoms with Gasteiger partial charge in [-0.3, -0.25) is 0 Å². The summed E-state index contributed by atoms with van der Waals surface area (Å²) in [7, 11) is 0. The van der Waals surface area contributed by atoms with Crippen LogP contribution in [0.1, 0.15) is 43.4 Å². The van der Waals surface area contributed by atoms with E-state index in [1.807, 2.05) is 24.3 Å². The molecule has 2 N–H and O–H groups in total. The highest BCUT2D eigenvalue weighted by Gasteiger charge is 2.27. The molecule has 0 heterocycles. The van der Waals surface area contributed by atoms with Crippen LogP contribution in [0, 0.1) is 0 Å². The lowest BCUT2D eigenvalue weighted by molar-refractivity contribution is -0.131. The topological polar surface area (TPSA) is 49.3 Å². The Kier molecular flexibility index (Phi) is 4.43. The van der Waals surface area contributed by atoms with Crippen molar-refractivity contribution >= 4 is 23.4 Å². The largest absolute Gasteiger partial charge is 0.478 e. The minimum absolute atomic E-state index is 0.268. The van der Waals surface area contributed by atoms with Gasteiger partial charge in [0.05, 0.1) is 0 Å². The van der Waals surface area contributed by atoms with Gasteiger partial charge >= 0.3 is 5.97 Å². The van der Waals surface area contributed by atoms with E-state index in [0.29, 0.717) is 0 Å². The van der Waals surface area contributed by atoms with E-state index in [-0.39, 0.29) is 5.41 Å². The molecule has 0 radical (unpaired) electrons. The maximum atomic E-state index is 10.5. The first-order valence-electron chi connectivity index (χ1n) is 8.35. The molecule has 2 aromatic rings. The lowest BCUT2D eigenvalue weighted by atomic mass is 9.73. The van der Waals surface area contributed by atoms with E-state index >= 15 is 0 Å². The fourth-order valence-electron chi connectivity index (χ4n) is 3.41. The van der Waals surface area contributed by atoms with Crippen molar-refractivity contribution in [2.75, 3.05) is 5.32 Å². The predicted molar refractivity (Wildman–Crippen MR) is 98.8 cm³/mol. The summed E-state index contributed by atoms with van der Waals surface area (Å²) in [5.41, 5.74) is 6.14. The maximum Gasteiger partial charge on any atom is 0.328 e. The Morgan fingerprint density at radius 1 is 1.12 bits per heavy atom. The molecule has 124 valence electrons. The molecular weight excluding hydrogens is 298 g/mol. The first kappa shape index (κ1) is 16.3. The van der Waals surface area contributed by atoms with Crippen LogP contribution in [0.4, 0.5) is 11.4 Å². The predicted octanol–water partition coefficient (Wildman–Crippen LogP) is 5.14. The van der Waals surface area contributed by atoms with E-state index in [0.717, 1.165) is 29.4 Å². The van der Waals surface area contributed by atoms with Gasteiger partial charge in [-0.2, -0.15) is 0 Å². The van der Waals surface area contributed by atoms with Crippen LogP contribution >= 0.6 is 0 Å². The molecule has 1 aliphatic rings. The van der Waals surface area contributed by atoms with Crippen molar-refractivity contribution in [3.8, 4) is 0 Å². The molecule has 0 unspecified atom stereocenters. The molecule has 3 rings (SSSR count). The van der Waals surface area contributed by atoms with Crippen LogP contribution < -0.4 is 5.32 Å². The van der Waals surface area contributed by atoms with Gasteiger partial charge in [0.2, 0.25) is 0 Å².